The third kappa shape index (κ3) is 4.13. The van der Waals surface area contributed by atoms with Crippen LogP contribution >= 0.6 is 0 Å². The molecule has 1 atom stereocenters. The number of hydrogen-bond donors (Lipinski definition) is 0. The maximum absolute atomic E-state index is 12.7. The molecular weight excluding hydrogens is 336 g/mol. The van der Waals surface area contributed by atoms with Gasteiger partial charge in [0.1, 0.15) is 5.69 Å². The summed E-state index contributed by atoms with van der Waals surface area (Å²) in [6.07, 6.45) is 11.3. The number of aryl methyl sites for hydroxylation is 1. The van der Waals surface area contributed by atoms with Gasteiger partial charge in [-0.1, -0.05) is 18.2 Å². The van der Waals surface area contributed by atoms with Crippen LogP contribution in [-0.4, -0.2) is 38.8 Å². The molecule has 0 unspecified atom stereocenters. The first kappa shape index (κ1) is 17.6. The van der Waals surface area contributed by atoms with E-state index in [0.29, 0.717) is 11.6 Å². The summed E-state index contributed by atoms with van der Waals surface area (Å²) in [5, 5.41) is 2.42. The van der Waals surface area contributed by atoms with Crippen LogP contribution in [0.15, 0.2) is 49.1 Å². The number of amides is 1. The van der Waals surface area contributed by atoms with E-state index in [1.54, 1.807) is 12.4 Å². The average Bonchev–Trinajstić information content (AvgIpc) is 2.93. The summed E-state index contributed by atoms with van der Waals surface area (Å²) in [5.74, 6) is 0.604. The second-order valence-electron chi connectivity index (χ2n) is 7.39. The van der Waals surface area contributed by atoms with Crippen LogP contribution in [0.5, 0.6) is 0 Å². The Balaban J connectivity index is 1.40. The molecule has 1 aliphatic rings. The third-order valence-corrected chi connectivity index (χ3v) is 5.36. The molecule has 5 nitrogen and oxygen atoms in total. The predicted octanol–water partition coefficient (Wildman–Crippen LogP) is 3.82. The number of likely N-dealkylation sites (tertiary alicyclic amines) is 1. The van der Waals surface area contributed by atoms with Crippen LogP contribution in [0.2, 0.25) is 0 Å². The molecule has 1 aromatic carbocycles. The van der Waals surface area contributed by atoms with Crippen LogP contribution in [0.4, 0.5) is 0 Å². The fourth-order valence-corrected chi connectivity index (χ4v) is 3.83. The molecule has 5 heteroatoms. The van der Waals surface area contributed by atoms with Gasteiger partial charge in [0.15, 0.2) is 0 Å². The fourth-order valence-electron chi connectivity index (χ4n) is 3.83. The SMILES string of the molecule is Cc1cnc(C(=O)N2CCC[C@@H](Cc3ccc4cnccc4c3)CC2)cn1. The van der Waals surface area contributed by atoms with Crippen molar-refractivity contribution < 1.29 is 4.79 Å². The van der Waals surface area contributed by atoms with Crippen molar-refractivity contribution in [2.24, 2.45) is 5.92 Å². The van der Waals surface area contributed by atoms with Crippen molar-refractivity contribution in [1.82, 2.24) is 19.9 Å². The number of carbonyl (C=O) groups is 1. The van der Waals surface area contributed by atoms with E-state index < -0.39 is 0 Å². The summed E-state index contributed by atoms with van der Waals surface area (Å²) in [6, 6.07) is 8.70. The van der Waals surface area contributed by atoms with Crippen LogP contribution in [-0.2, 0) is 6.42 Å². The summed E-state index contributed by atoms with van der Waals surface area (Å²) in [4.78, 5) is 27.2. The molecule has 2 aromatic heterocycles. The second-order valence-corrected chi connectivity index (χ2v) is 7.39. The van der Waals surface area contributed by atoms with Gasteiger partial charge in [-0.05, 0) is 55.5 Å². The highest BCUT2D eigenvalue weighted by atomic mass is 16.2. The van der Waals surface area contributed by atoms with Crippen LogP contribution in [0.3, 0.4) is 0 Å². The minimum atomic E-state index is 0.00125. The maximum Gasteiger partial charge on any atom is 0.274 e. The fraction of sp³-hybridized carbons (Fsp3) is 0.364. The van der Waals surface area contributed by atoms with E-state index in [9.17, 15) is 4.79 Å². The van der Waals surface area contributed by atoms with Crippen molar-refractivity contribution in [3.8, 4) is 0 Å². The van der Waals surface area contributed by atoms with E-state index in [1.165, 1.54) is 16.3 Å². The quantitative estimate of drug-likeness (QED) is 0.712. The van der Waals surface area contributed by atoms with E-state index in [-0.39, 0.29) is 5.91 Å². The molecule has 3 heterocycles. The molecule has 1 amide bonds. The normalized spacial score (nSPS) is 17.7. The lowest BCUT2D eigenvalue weighted by molar-refractivity contribution is 0.0753. The standard InChI is InChI=1S/C22H24N4O/c1-16-13-25-21(15-24-16)22(27)26-9-2-3-17(7-10-26)11-18-4-5-20-14-23-8-6-19(20)12-18/h4-6,8,12-15,17H,2-3,7,9-11H2,1H3/t17-/m1/s1. The number of pyridine rings is 1. The molecule has 0 spiro atoms. The molecule has 0 radical (unpaired) electrons. The molecule has 0 N–H and O–H groups in total. The minimum absolute atomic E-state index is 0.00125. The predicted molar refractivity (Wildman–Crippen MR) is 105 cm³/mol. The van der Waals surface area contributed by atoms with Gasteiger partial charge < -0.3 is 4.90 Å². The Morgan fingerprint density at radius 1 is 1.07 bits per heavy atom. The van der Waals surface area contributed by atoms with Gasteiger partial charge in [0.05, 0.1) is 11.9 Å². The molecule has 0 bridgehead atoms. The molecule has 1 saturated heterocycles. The smallest absolute Gasteiger partial charge is 0.274 e. The van der Waals surface area contributed by atoms with Gasteiger partial charge in [-0.2, -0.15) is 0 Å². The molecule has 4 rings (SSSR count). The molecule has 1 fully saturated rings. The first-order valence-electron chi connectivity index (χ1n) is 9.59. The van der Waals surface area contributed by atoms with E-state index in [4.69, 9.17) is 0 Å². The topological polar surface area (TPSA) is 59.0 Å². The van der Waals surface area contributed by atoms with E-state index in [2.05, 4.69) is 39.2 Å². The summed E-state index contributed by atoms with van der Waals surface area (Å²) in [7, 11) is 0. The van der Waals surface area contributed by atoms with Crippen molar-refractivity contribution in [1.29, 1.82) is 0 Å². The van der Waals surface area contributed by atoms with Crippen molar-refractivity contribution in [2.75, 3.05) is 13.1 Å². The zero-order valence-electron chi connectivity index (χ0n) is 15.6. The summed E-state index contributed by atoms with van der Waals surface area (Å²) < 4.78 is 0. The van der Waals surface area contributed by atoms with Gasteiger partial charge in [-0.25, -0.2) is 4.98 Å². The summed E-state index contributed by atoms with van der Waals surface area (Å²) >= 11 is 0. The largest absolute Gasteiger partial charge is 0.337 e. The van der Waals surface area contributed by atoms with Gasteiger partial charge in [0.25, 0.3) is 5.91 Å². The lowest BCUT2D eigenvalue weighted by Crippen LogP contribution is -2.32. The highest BCUT2D eigenvalue weighted by Crippen LogP contribution is 2.24. The Labute approximate surface area is 159 Å². The Morgan fingerprint density at radius 2 is 2.00 bits per heavy atom. The third-order valence-electron chi connectivity index (χ3n) is 5.36. The van der Waals surface area contributed by atoms with Crippen molar-refractivity contribution in [3.63, 3.8) is 0 Å². The number of carbonyl (C=O) groups excluding carboxylic acids is 1. The lowest BCUT2D eigenvalue weighted by atomic mass is 9.92. The second kappa shape index (κ2) is 7.82. The van der Waals surface area contributed by atoms with E-state index >= 15 is 0 Å². The molecular formula is C22H24N4O. The molecule has 3 aromatic rings. The van der Waals surface area contributed by atoms with E-state index in [0.717, 1.165) is 44.5 Å². The molecule has 138 valence electrons. The van der Waals surface area contributed by atoms with Crippen LogP contribution in [0, 0.1) is 12.8 Å². The zero-order valence-corrected chi connectivity index (χ0v) is 15.6. The Bertz CT molecular complexity index is 938. The van der Waals surface area contributed by atoms with Crippen molar-refractivity contribution >= 4 is 16.7 Å². The van der Waals surface area contributed by atoms with E-state index in [1.807, 2.05) is 24.2 Å². The zero-order chi connectivity index (χ0) is 18.6. The number of nitrogens with zero attached hydrogens (tertiary/aromatic N) is 4. The first-order chi connectivity index (χ1) is 13.2. The lowest BCUT2D eigenvalue weighted by Gasteiger charge is -2.20. The maximum atomic E-state index is 12.7. The van der Waals surface area contributed by atoms with Gasteiger partial charge in [0, 0.05) is 37.1 Å². The van der Waals surface area contributed by atoms with Gasteiger partial charge in [-0.15, -0.1) is 0 Å². The Morgan fingerprint density at radius 3 is 2.85 bits per heavy atom. The monoisotopic (exact) mass is 360 g/mol. The minimum Gasteiger partial charge on any atom is -0.337 e. The average molecular weight is 360 g/mol. The summed E-state index contributed by atoms with van der Waals surface area (Å²) in [5.41, 5.74) is 2.64. The van der Waals surface area contributed by atoms with Crippen molar-refractivity contribution in [3.05, 3.63) is 66.0 Å². The number of fused-ring (bicyclic) bond motifs is 1. The number of hydrogen-bond acceptors (Lipinski definition) is 4. The highest BCUT2D eigenvalue weighted by molar-refractivity contribution is 5.92. The Hall–Kier alpha value is -2.82. The van der Waals surface area contributed by atoms with Crippen LogP contribution < -0.4 is 0 Å². The first-order valence-corrected chi connectivity index (χ1v) is 9.59. The molecule has 0 saturated carbocycles. The molecule has 1 aliphatic heterocycles. The van der Waals surface area contributed by atoms with Gasteiger partial charge in [0.2, 0.25) is 0 Å². The van der Waals surface area contributed by atoms with Crippen LogP contribution in [0.1, 0.15) is 41.0 Å². The van der Waals surface area contributed by atoms with Gasteiger partial charge in [-0.3, -0.25) is 14.8 Å². The van der Waals surface area contributed by atoms with Crippen molar-refractivity contribution in [2.45, 2.75) is 32.6 Å². The van der Waals surface area contributed by atoms with Crippen LogP contribution in [0.25, 0.3) is 10.8 Å². The number of benzene rings is 1. The molecule has 27 heavy (non-hydrogen) atoms. The Kier molecular flexibility index (Phi) is 5.10. The molecule has 0 aliphatic carbocycles. The highest BCUT2D eigenvalue weighted by Gasteiger charge is 2.22. The number of rotatable bonds is 3. The van der Waals surface area contributed by atoms with Gasteiger partial charge >= 0.3 is 0 Å². The summed E-state index contributed by atoms with van der Waals surface area (Å²) in [6.45, 7) is 3.46. The number of aromatic nitrogens is 3.